The highest BCUT2D eigenvalue weighted by Gasteiger charge is 2.12. The van der Waals surface area contributed by atoms with Crippen molar-refractivity contribution >= 4 is 56.5 Å². The molecule has 162 valence electrons. The normalized spacial score (nSPS) is 10.7. The molecular weight excluding hydrogens is 442 g/mol. The molecule has 0 aliphatic carbocycles. The number of fused-ring (bicyclic) bond motifs is 1. The van der Waals surface area contributed by atoms with Crippen LogP contribution in [0.25, 0.3) is 10.2 Å². The number of nitrogens with zero attached hydrogens (tertiary/aromatic N) is 1. The predicted octanol–water partition coefficient (Wildman–Crippen LogP) is 5.60. The molecular formula is C24H21N3O3S2. The van der Waals surface area contributed by atoms with Gasteiger partial charge in [0.15, 0.2) is 4.34 Å². The lowest BCUT2D eigenvalue weighted by Gasteiger charge is -2.09. The number of thioether (sulfide) groups is 1. The molecule has 0 radical (unpaired) electrons. The van der Waals surface area contributed by atoms with Gasteiger partial charge in [-0.3, -0.25) is 9.59 Å². The van der Waals surface area contributed by atoms with E-state index in [9.17, 15) is 9.59 Å². The second-order valence-electron chi connectivity index (χ2n) is 7.02. The number of aryl methyl sites for hydroxylation is 1. The van der Waals surface area contributed by atoms with E-state index in [2.05, 4.69) is 15.6 Å². The Morgan fingerprint density at radius 2 is 1.88 bits per heavy atom. The average Bonchev–Trinajstić information content (AvgIpc) is 3.20. The van der Waals surface area contributed by atoms with Crippen LogP contribution in [0.3, 0.4) is 0 Å². The van der Waals surface area contributed by atoms with Crippen molar-refractivity contribution in [2.75, 3.05) is 23.5 Å². The van der Waals surface area contributed by atoms with E-state index in [1.165, 1.54) is 23.1 Å². The number of methoxy groups -OCH3 is 1. The molecule has 0 fully saturated rings. The molecule has 8 heteroatoms. The first-order valence-corrected chi connectivity index (χ1v) is 11.7. The van der Waals surface area contributed by atoms with Crippen LogP contribution in [0.2, 0.25) is 0 Å². The number of benzene rings is 3. The lowest BCUT2D eigenvalue weighted by Crippen LogP contribution is -2.14. The summed E-state index contributed by atoms with van der Waals surface area (Å²) in [6.07, 6.45) is 0. The summed E-state index contributed by atoms with van der Waals surface area (Å²) >= 11 is 2.86. The third-order valence-electron chi connectivity index (χ3n) is 4.61. The Bertz CT molecular complexity index is 1290. The Morgan fingerprint density at radius 1 is 1.03 bits per heavy atom. The summed E-state index contributed by atoms with van der Waals surface area (Å²) in [4.78, 5) is 29.4. The van der Waals surface area contributed by atoms with Crippen molar-refractivity contribution in [3.63, 3.8) is 0 Å². The van der Waals surface area contributed by atoms with E-state index < -0.39 is 0 Å². The van der Waals surface area contributed by atoms with Gasteiger partial charge in [-0.1, -0.05) is 41.6 Å². The monoisotopic (exact) mass is 463 g/mol. The van der Waals surface area contributed by atoms with Gasteiger partial charge in [0.25, 0.3) is 5.91 Å². The van der Waals surface area contributed by atoms with Gasteiger partial charge < -0.3 is 15.4 Å². The van der Waals surface area contributed by atoms with Crippen LogP contribution in [0.4, 0.5) is 11.4 Å². The molecule has 3 aromatic carbocycles. The van der Waals surface area contributed by atoms with E-state index in [1.54, 1.807) is 25.3 Å². The van der Waals surface area contributed by atoms with E-state index in [4.69, 9.17) is 4.74 Å². The van der Waals surface area contributed by atoms with Crippen molar-refractivity contribution in [1.29, 1.82) is 0 Å². The number of rotatable bonds is 7. The Kier molecular flexibility index (Phi) is 6.72. The zero-order valence-corrected chi connectivity index (χ0v) is 19.2. The third kappa shape index (κ3) is 5.27. The van der Waals surface area contributed by atoms with Crippen LogP contribution in [-0.4, -0.2) is 29.7 Å². The van der Waals surface area contributed by atoms with Gasteiger partial charge in [0.05, 0.1) is 28.8 Å². The van der Waals surface area contributed by atoms with E-state index in [-0.39, 0.29) is 17.6 Å². The summed E-state index contributed by atoms with van der Waals surface area (Å²) in [5, 5.41) is 5.79. The van der Waals surface area contributed by atoms with Crippen LogP contribution in [0, 0.1) is 6.92 Å². The topological polar surface area (TPSA) is 80.3 Å². The van der Waals surface area contributed by atoms with Crippen LogP contribution in [-0.2, 0) is 4.79 Å². The molecule has 1 heterocycles. The van der Waals surface area contributed by atoms with Crippen molar-refractivity contribution in [2.24, 2.45) is 0 Å². The largest absolute Gasteiger partial charge is 0.495 e. The molecule has 0 aliphatic rings. The van der Waals surface area contributed by atoms with Crippen molar-refractivity contribution < 1.29 is 14.3 Å². The molecule has 6 nitrogen and oxygen atoms in total. The number of ether oxygens (including phenoxy) is 1. The van der Waals surface area contributed by atoms with Crippen molar-refractivity contribution in [3.8, 4) is 5.75 Å². The fourth-order valence-corrected chi connectivity index (χ4v) is 5.00. The second kappa shape index (κ2) is 9.84. The molecule has 0 saturated carbocycles. The van der Waals surface area contributed by atoms with Gasteiger partial charge in [-0.25, -0.2) is 4.98 Å². The molecule has 4 aromatic rings. The lowest BCUT2D eigenvalue weighted by molar-refractivity contribution is -0.113. The maximum absolute atomic E-state index is 12.5. The Balaban J connectivity index is 1.39. The van der Waals surface area contributed by atoms with Gasteiger partial charge >= 0.3 is 0 Å². The van der Waals surface area contributed by atoms with Crippen molar-refractivity contribution in [2.45, 2.75) is 11.3 Å². The highest BCUT2D eigenvalue weighted by molar-refractivity contribution is 8.01. The van der Waals surface area contributed by atoms with Crippen molar-refractivity contribution in [1.82, 2.24) is 4.98 Å². The fourth-order valence-electron chi connectivity index (χ4n) is 3.09. The van der Waals surface area contributed by atoms with Crippen LogP contribution >= 0.6 is 23.1 Å². The summed E-state index contributed by atoms with van der Waals surface area (Å²) in [6.45, 7) is 1.95. The molecule has 0 aliphatic heterocycles. The van der Waals surface area contributed by atoms with Crippen LogP contribution in [0.5, 0.6) is 5.75 Å². The molecule has 2 amide bonds. The van der Waals surface area contributed by atoms with Gasteiger partial charge in [-0.15, -0.1) is 11.3 Å². The van der Waals surface area contributed by atoms with Gasteiger partial charge in [0.1, 0.15) is 5.75 Å². The van der Waals surface area contributed by atoms with Crippen LogP contribution < -0.4 is 15.4 Å². The smallest absolute Gasteiger partial charge is 0.255 e. The number of anilines is 2. The maximum atomic E-state index is 12.5. The quantitative estimate of drug-likeness (QED) is 0.349. The first-order valence-electron chi connectivity index (χ1n) is 9.86. The maximum Gasteiger partial charge on any atom is 0.255 e. The summed E-state index contributed by atoms with van der Waals surface area (Å²) < 4.78 is 6.99. The molecule has 0 spiro atoms. The molecule has 32 heavy (non-hydrogen) atoms. The van der Waals surface area contributed by atoms with Gasteiger partial charge in [-0.05, 0) is 49.4 Å². The lowest BCUT2D eigenvalue weighted by atomic mass is 10.1. The number of amides is 2. The summed E-state index contributed by atoms with van der Waals surface area (Å²) in [6, 6.07) is 20.4. The van der Waals surface area contributed by atoms with Gasteiger partial charge in [-0.2, -0.15) is 0 Å². The molecule has 4 rings (SSSR count). The number of carbonyl (C=O) groups is 2. The highest BCUT2D eigenvalue weighted by Crippen LogP contribution is 2.32. The zero-order valence-electron chi connectivity index (χ0n) is 17.5. The first-order chi connectivity index (χ1) is 15.5. The fraction of sp³-hybridized carbons (Fsp3) is 0.125. The Labute approximate surface area is 194 Å². The standard InChI is InChI=1S/C24H21N3O3S2/c1-15-6-5-7-16(12-15)23(29)25-17-10-11-19-21(13-17)32-24(27-19)31-14-22(28)26-18-8-3-4-9-20(18)30-2/h3-13H,14H2,1-2H3,(H,25,29)(H,26,28). The number of aromatic nitrogens is 1. The number of hydrogen-bond acceptors (Lipinski definition) is 6. The zero-order chi connectivity index (χ0) is 22.5. The third-order valence-corrected chi connectivity index (χ3v) is 6.78. The predicted molar refractivity (Wildman–Crippen MR) is 131 cm³/mol. The molecule has 0 bridgehead atoms. The summed E-state index contributed by atoms with van der Waals surface area (Å²) in [5.41, 5.74) is 3.83. The number of para-hydroxylation sites is 2. The van der Waals surface area contributed by atoms with Gasteiger partial charge in [0, 0.05) is 11.3 Å². The van der Waals surface area contributed by atoms with E-state index in [0.29, 0.717) is 22.7 Å². The van der Waals surface area contributed by atoms with Crippen molar-refractivity contribution in [3.05, 3.63) is 77.9 Å². The molecule has 0 unspecified atom stereocenters. The van der Waals surface area contributed by atoms with Crippen LogP contribution in [0.1, 0.15) is 15.9 Å². The minimum atomic E-state index is -0.153. The van der Waals surface area contributed by atoms with E-state index >= 15 is 0 Å². The molecule has 0 atom stereocenters. The Hall–Kier alpha value is -3.36. The molecule has 1 aromatic heterocycles. The SMILES string of the molecule is COc1ccccc1NC(=O)CSc1nc2ccc(NC(=O)c3cccc(C)c3)cc2s1. The molecule has 0 saturated heterocycles. The first kappa shape index (κ1) is 21.9. The molecule has 2 N–H and O–H groups in total. The number of carbonyl (C=O) groups excluding carboxylic acids is 2. The number of hydrogen-bond donors (Lipinski definition) is 2. The minimum Gasteiger partial charge on any atom is -0.495 e. The Morgan fingerprint density at radius 3 is 2.69 bits per heavy atom. The van der Waals surface area contributed by atoms with Gasteiger partial charge in [0.2, 0.25) is 5.91 Å². The summed E-state index contributed by atoms with van der Waals surface area (Å²) in [5.74, 6) is 0.561. The van der Waals surface area contributed by atoms with Crippen LogP contribution in [0.15, 0.2) is 71.1 Å². The highest BCUT2D eigenvalue weighted by atomic mass is 32.2. The average molecular weight is 464 g/mol. The second-order valence-corrected chi connectivity index (χ2v) is 9.28. The number of thiazole rings is 1. The summed E-state index contributed by atoms with van der Waals surface area (Å²) in [7, 11) is 1.57. The number of nitrogens with one attached hydrogen (secondary N) is 2. The van der Waals surface area contributed by atoms with E-state index in [1.807, 2.05) is 55.5 Å². The van der Waals surface area contributed by atoms with E-state index in [0.717, 1.165) is 20.1 Å². The minimum absolute atomic E-state index is 0.134.